The van der Waals surface area contributed by atoms with Crippen molar-refractivity contribution in [1.82, 2.24) is 14.1 Å². The van der Waals surface area contributed by atoms with E-state index in [-0.39, 0.29) is 10.8 Å². The van der Waals surface area contributed by atoms with Crippen LogP contribution in [0.3, 0.4) is 0 Å². The van der Waals surface area contributed by atoms with Gasteiger partial charge in [-0.1, -0.05) is 17.7 Å². The molecular formula is C24H26N4O3S2. The normalized spacial score (nSPS) is 16.2. The van der Waals surface area contributed by atoms with Gasteiger partial charge in [0.1, 0.15) is 5.82 Å². The highest BCUT2D eigenvalue weighted by atomic mass is 32.2. The van der Waals surface area contributed by atoms with Gasteiger partial charge in [-0.15, -0.1) is 0 Å². The molecule has 0 spiro atoms. The van der Waals surface area contributed by atoms with Gasteiger partial charge in [-0.3, -0.25) is 4.79 Å². The van der Waals surface area contributed by atoms with Crippen molar-refractivity contribution < 1.29 is 13.2 Å². The molecule has 0 bridgehead atoms. The summed E-state index contributed by atoms with van der Waals surface area (Å²) in [4.78, 5) is 13.4. The summed E-state index contributed by atoms with van der Waals surface area (Å²) in [5, 5.41) is 7.83. The van der Waals surface area contributed by atoms with Crippen LogP contribution in [0.2, 0.25) is 0 Å². The predicted octanol–water partition coefficient (Wildman–Crippen LogP) is 4.27. The monoisotopic (exact) mass is 482 g/mol. The minimum Gasteiger partial charge on any atom is -0.306 e. The summed E-state index contributed by atoms with van der Waals surface area (Å²) < 4.78 is 28.9. The molecule has 0 saturated carbocycles. The lowest BCUT2D eigenvalue weighted by molar-refractivity contribution is 0.102. The van der Waals surface area contributed by atoms with E-state index >= 15 is 0 Å². The maximum atomic E-state index is 13.1. The Morgan fingerprint density at radius 3 is 2.45 bits per heavy atom. The lowest BCUT2D eigenvalue weighted by Crippen LogP contribution is -2.27. The number of anilines is 1. The van der Waals surface area contributed by atoms with E-state index in [4.69, 9.17) is 5.10 Å². The summed E-state index contributed by atoms with van der Waals surface area (Å²) in [7, 11) is -3.51. The zero-order valence-corrected chi connectivity index (χ0v) is 20.3. The highest BCUT2D eigenvalue weighted by Gasteiger charge is 2.28. The van der Waals surface area contributed by atoms with Crippen molar-refractivity contribution >= 4 is 33.5 Å². The number of benzene rings is 2. The first-order valence-electron chi connectivity index (χ1n) is 11.0. The molecule has 0 radical (unpaired) electrons. The number of nitrogens with one attached hydrogen (secondary N) is 1. The number of rotatable bonds is 5. The smallest absolute Gasteiger partial charge is 0.256 e. The van der Waals surface area contributed by atoms with Crippen molar-refractivity contribution in [2.24, 2.45) is 0 Å². The molecule has 1 fully saturated rings. The average molecular weight is 483 g/mol. The summed E-state index contributed by atoms with van der Waals surface area (Å²) in [6, 6.07) is 12.3. The van der Waals surface area contributed by atoms with E-state index in [9.17, 15) is 13.2 Å². The van der Waals surface area contributed by atoms with Crippen LogP contribution in [-0.2, 0) is 21.5 Å². The van der Waals surface area contributed by atoms with Crippen LogP contribution < -0.4 is 5.32 Å². The number of aryl methyl sites for hydroxylation is 2. The first-order chi connectivity index (χ1) is 15.8. The van der Waals surface area contributed by atoms with E-state index in [2.05, 4.69) is 11.4 Å². The molecule has 3 aromatic rings. The Kier molecular flexibility index (Phi) is 5.80. The zero-order valence-electron chi connectivity index (χ0n) is 18.7. The Hall–Kier alpha value is -2.62. The molecule has 1 saturated heterocycles. The standard InChI is InChI=1S/C24H26N4O3S2/c1-16-5-10-22(17(2)13-16)28-23(20-14-32-15-21(20)26-28)25-24(29)18-6-8-19(9-7-18)33(30,31)27-11-3-4-12-27/h5-10,13H,3-4,11-12,14-15H2,1-2H3,(H,25,29). The minimum absolute atomic E-state index is 0.221. The van der Waals surface area contributed by atoms with Gasteiger partial charge in [0.15, 0.2) is 0 Å². The van der Waals surface area contributed by atoms with Crippen molar-refractivity contribution in [3.63, 3.8) is 0 Å². The van der Waals surface area contributed by atoms with Crippen LogP contribution in [0.5, 0.6) is 0 Å². The van der Waals surface area contributed by atoms with E-state index in [0.717, 1.165) is 46.9 Å². The molecule has 2 aliphatic rings. The minimum atomic E-state index is -3.51. The van der Waals surface area contributed by atoms with Crippen molar-refractivity contribution in [3.05, 3.63) is 70.4 Å². The fourth-order valence-corrected chi connectivity index (χ4v) is 6.95. The molecule has 5 rings (SSSR count). The first-order valence-corrected chi connectivity index (χ1v) is 13.6. The Morgan fingerprint density at radius 2 is 1.76 bits per heavy atom. The third kappa shape index (κ3) is 4.09. The fraction of sp³-hybridized carbons (Fsp3) is 0.333. The Morgan fingerprint density at radius 1 is 1.03 bits per heavy atom. The molecule has 9 heteroatoms. The molecule has 172 valence electrons. The summed E-state index contributed by atoms with van der Waals surface area (Å²) in [6.45, 7) is 5.19. The molecular weight excluding hydrogens is 456 g/mol. The number of carbonyl (C=O) groups is 1. The Bertz CT molecular complexity index is 1320. The lowest BCUT2D eigenvalue weighted by atomic mass is 10.1. The number of nitrogens with zero attached hydrogens (tertiary/aromatic N) is 3. The SMILES string of the molecule is Cc1ccc(-n2nc3c(c2NC(=O)c2ccc(S(=O)(=O)N4CCCC4)cc2)CSC3)c(C)c1. The molecule has 7 nitrogen and oxygen atoms in total. The largest absolute Gasteiger partial charge is 0.306 e. The number of fused-ring (bicyclic) bond motifs is 1. The van der Waals surface area contributed by atoms with Gasteiger partial charge in [0.2, 0.25) is 10.0 Å². The molecule has 0 unspecified atom stereocenters. The van der Waals surface area contributed by atoms with Gasteiger partial charge in [0.05, 0.1) is 16.3 Å². The van der Waals surface area contributed by atoms with E-state index in [1.54, 1.807) is 23.9 Å². The molecule has 1 aromatic heterocycles. The Labute approximate surface area is 198 Å². The van der Waals surface area contributed by atoms with Crippen molar-refractivity contribution in [2.45, 2.75) is 43.1 Å². The van der Waals surface area contributed by atoms with Crippen LogP contribution in [0.4, 0.5) is 5.82 Å². The zero-order chi connectivity index (χ0) is 23.2. The highest BCUT2D eigenvalue weighted by Crippen LogP contribution is 2.37. The van der Waals surface area contributed by atoms with Crippen LogP contribution in [-0.4, -0.2) is 41.5 Å². The summed E-state index contributed by atoms with van der Waals surface area (Å²) in [5.74, 6) is 2.01. The molecule has 0 aliphatic carbocycles. The number of hydrogen-bond donors (Lipinski definition) is 1. The number of aromatic nitrogens is 2. The van der Waals surface area contributed by atoms with Gasteiger partial charge >= 0.3 is 0 Å². The van der Waals surface area contributed by atoms with Crippen molar-refractivity contribution in [1.29, 1.82) is 0 Å². The van der Waals surface area contributed by atoms with Crippen LogP contribution in [0.25, 0.3) is 5.69 Å². The lowest BCUT2D eigenvalue weighted by Gasteiger charge is -2.16. The van der Waals surface area contributed by atoms with E-state index in [1.165, 1.54) is 22.0 Å². The second-order valence-electron chi connectivity index (χ2n) is 8.56. The fourth-order valence-electron chi connectivity index (χ4n) is 4.39. The second-order valence-corrected chi connectivity index (χ2v) is 11.5. The van der Waals surface area contributed by atoms with Crippen LogP contribution in [0.1, 0.15) is 45.6 Å². The number of carbonyl (C=O) groups excluding carboxylic acids is 1. The van der Waals surface area contributed by atoms with Crippen LogP contribution in [0, 0.1) is 13.8 Å². The number of amides is 1. The highest BCUT2D eigenvalue weighted by molar-refractivity contribution is 7.98. The van der Waals surface area contributed by atoms with E-state index in [1.807, 2.05) is 30.7 Å². The molecule has 2 aromatic carbocycles. The average Bonchev–Trinajstić information content (AvgIpc) is 3.53. The Balaban J connectivity index is 1.43. The predicted molar refractivity (Wildman–Crippen MR) is 130 cm³/mol. The van der Waals surface area contributed by atoms with E-state index < -0.39 is 10.0 Å². The number of hydrogen-bond acceptors (Lipinski definition) is 5. The summed E-state index contributed by atoms with van der Waals surface area (Å²) in [6.07, 6.45) is 1.77. The van der Waals surface area contributed by atoms with Gasteiger partial charge in [-0.05, 0) is 62.6 Å². The summed E-state index contributed by atoms with van der Waals surface area (Å²) in [5.41, 5.74) is 5.62. The van der Waals surface area contributed by atoms with Crippen LogP contribution >= 0.6 is 11.8 Å². The van der Waals surface area contributed by atoms with Gasteiger partial charge in [-0.25, -0.2) is 13.1 Å². The van der Waals surface area contributed by atoms with Gasteiger partial charge in [0.25, 0.3) is 5.91 Å². The van der Waals surface area contributed by atoms with Crippen LogP contribution in [0.15, 0.2) is 47.4 Å². The van der Waals surface area contributed by atoms with Crippen molar-refractivity contribution in [2.75, 3.05) is 18.4 Å². The van der Waals surface area contributed by atoms with Gasteiger partial charge in [-0.2, -0.15) is 21.2 Å². The second kappa shape index (κ2) is 8.62. The number of sulfonamides is 1. The molecule has 3 heterocycles. The van der Waals surface area contributed by atoms with E-state index in [0.29, 0.717) is 24.5 Å². The topological polar surface area (TPSA) is 84.3 Å². The molecule has 33 heavy (non-hydrogen) atoms. The molecule has 2 aliphatic heterocycles. The summed E-state index contributed by atoms with van der Waals surface area (Å²) >= 11 is 1.78. The van der Waals surface area contributed by atoms with Crippen molar-refractivity contribution in [3.8, 4) is 5.69 Å². The third-order valence-electron chi connectivity index (χ3n) is 6.18. The first kappa shape index (κ1) is 22.2. The molecule has 1 N–H and O–H groups in total. The maximum absolute atomic E-state index is 13.1. The molecule has 1 amide bonds. The van der Waals surface area contributed by atoms with Gasteiger partial charge < -0.3 is 5.32 Å². The molecule has 0 atom stereocenters. The maximum Gasteiger partial charge on any atom is 0.256 e. The quantitative estimate of drug-likeness (QED) is 0.587. The van der Waals surface area contributed by atoms with Gasteiger partial charge in [0, 0.05) is 35.7 Å². The third-order valence-corrected chi connectivity index (χ3v) is 9.07. The number of thioether (sulfide) groups is 1.